The Morgan fingerprint density at radius 3 is 1.45 bits per heavy atom. The van der Waals surface area contributed by atoms with Crippen LogP contribution in [0.3, 0.4) is 0 Å². The summed E-state index contributed by atoms with van der Waals surface area (Å²) in [7, 11) is -2.49. The Morgan fingerprint density at radius 2 is 0.878 bits per heavy atom. The van der Waals surface area contributed by atoms with Crippen LogP contribution in [0.15, 0.2) is 194 Å². The highest BCUT2D eigenvalue weighted by Crippen LogP contribution is 2.50. The van der Waals surface area contributed by atoms with Gasteiger partial charge in [0.25, 0.3) is 0 Å². The summed E-state index contributed by atoms with van der Waals surface area (Å²) < 4.78 is 0. The van der Waals surface area contributed by atoms with E-state index in [0.717, 1.165) is 17.1 Å². The molecule has 7 aromatic carbocycles. The zero-order valence-electron chi connectivity index (χ0n) is 28.0. The van der Waals surface area contributed by atoms with Crippen LogP contribution < -0.4 is 20.5 Å². The number of hydrogen-bond donors (Lipinski definition) is 0. The first-order valence-corrected chi connectivity index (χ1v) is 19.2. The van der Waals surface area contributed by atoms with Crippen LogP contribution in [0.25, 0.3) is 17.2 Å². The van der Waals surface area contributed by atoms with Gasteiger partial charge in [-0.2, -0.15) is 0 Å². The second-order valence-corrected chi connectivity index (χ2v) is 17.1. The fraction of sp³-hybridized carbons (Fsp3) is 0.0638. The van der Waals surface area contributed by atoms with Crippen molar-refractivity contribution in [3.8, 4) is 11.1 Å². The van der Waals surface area contributed by atoms with Gasteiger partial charge < -0.3 is 4.90 Å². The van der Waals surface area contributed by atoms with Crippen LogP contribution in [-0.4, -0.2) is 8.07 Å². The Labute approximate surface area is 291 Å². The molecule has 0 N–H and O–H groups in total. The van der Waals surface area contributed by atoms with Crippen LogP contribution in [0, 0.1) is 0 Å². The van der Waals surface area contributed by atoms with Crippen molar-refractivity contribution >= 4 is 46.8 Å². The molecule has 1 aliphatic carbocycles. The van der Waals surface area contributed by atoms with Gasteiger partial charge in [0.2, 0.25) is 0 Å². The van der Waals surface area contributed by atoms with Crippen molar-refractivity contribution in [2.24, 2.45) is 0 Å². The second-order valence-electron chi connectivity index (χ2n) is 13.4. The van der Waals surface area contributed by atoms with Gasteiger partial charge >= 0.3 is 0 Å². The number of nitrogens with zero attached hydrogens (tertiary/aromatic N) is 1. The van der Waals surface area contributed by atoms with Gasteiger partial charge in [-0.1, -0.05) is 177 Å². The van der Waals surface area contributed by atoms with Gasteiger partial charge in [0.1, 0.15) is 0 Å². The largest absolute Gasteiger partial charge is 0.310 e. The standard InChI is InChI=1S/C47H39NSi/c1-47(2)45-26-16-15-25-43(45)44-32-31-39(35-46(44)47)48(37-17-7-3-8-18-37)38-29-27-36(28-30-38)33-34-49(40-19-9-4-10-20-40,41-21-11-5-12-22-41)42-23-13-6-14-24-42/h3-35H,1-2H3. The van der Waals surface area contributed by atoms with Crippen LogP contribution in [-0.2, 0) is 5.41 Å². The summed E-state index contributed by atoms with van der Waals surface area (Å²) in [5, 5.41) is 4.12. The fourth-order valence-electron chi connectivity index (χ4n) is 7.70. The molecule has 236 valence electrons. The van der Waals surface area contributed by atoms with E-state index in [-0.39, 0.29) is 5.41 Å². The van der Waals surface area contributed by atoms with Gasteiger partial charge in [-0.25, -0.2) is 0 Å². The molecule has 0 saturated heterocycles. The van der Waals surface area contributed by atoms with Crippen LogP contribution in [0.5, 0.6) is 0 Å². The third-order valence-electron chi connectivity index (χ3n) is 10.2. The van der Waals surface area contributed by atoms with E-state index in [1.807, 2.05) is 0 Å². The van der Waals surface area contributed by atoms with E-state index in [9.17, 15) is 0 Å². The first-order valence-electron chi connectivity index (χ1n) is 17.1. The quantitative estimate of drug-likeness (QED) is 0.117. The molecule has 0 unspecified atom stereocenters. The monoisotopic (exact) mass is 645 g/mol. The van der Waals surface area contributed by atoms with Crippen molar-refractivity contribution in [3.05, 3.63) is 210 Å². The van der Waals surface area contributed by atoms with Gasteiger partial charge in [-0.05, 0) is 79.8 Å². The minimum Gasteiger partial charge on any atom is -0.310 e. The molecule has 0 atom stereocenters. The molecule has 1 nitrogen and oxygen atoms in total. The maximum absolute atomic E-state index is 2.51. The molecule has 49 heavy (non-hydrogen) atoms. The topological polar surface area (TPSA) is 3.24 Å². The van der Waals surface area contributed by atoms with E-state index in [0.29, 0.717) is 0 Å². The van der Waals surface area contributed by atoms with Crippen molar-refractivity contribution in [1.29, 1.82) is 0 Å². The minimum atomic E-state index is -2.49. The van der Waals surface area contributed by atoms with E-state index >= 15 is 0 Å². The Morgan fingerprint density at radius 1 is 0.429 bits per heavy atom. The van der Waals surface area contributed by atoms with E-state index in [4.69, 9.17) is 0 Å². The first-order chi connectivity index (χ1) is 24.1. The summed E-state index contributed by atoms with van der Waals surface area (Å²) in [5.41, 5.74) is 12.5. The lowest BCUT2D eigenvalue weighted by Crippen LogP contribution is -2.66. The maximum Gasteiger partial charge on any atom is 0.172 e. The second kappa shape index (κ2) is 12.7. The molecule has 0 aliphatic heterocycles. The summed E-state index contributed by atoms with van der Waals surface area (Å²) >= 11 is 0. The molecule has 0 amide bonds. The highest BCUT2D eigenvalue weighted by Gasteiger charge is 2.37. The molecule has 0 spiro atoms. The Balaban J connectivity index is 1.20. The molecule has 0 fully saturated rings. The maximum atomic E-state index is 2.51. The summed E-state index contributed by atoms with van der Waals surface area (Å²) in [4.78, 5) is 2.38. The lowest BCUT2D eigenvalue weighted by molar-refractivity contribution is 0.660. The van der Waals surface area contributed by atoms with Crippen molar-refractivity contribution in [2.75, 3.05) is 4.90 Å². The molecule has 0 radical (unpaired) electrons. The highest BCUT2D eigenvalue weighted by molar-refractivity contribution is 7.15. The third kappa shape index (κ3) is 5.45. The Kier molecular flexibility index (Phi) is 7.95. The molecule has 2 heteroatoms. The summed E-state index contributed by atoms with van der Waals surface area (Å²) in [6, 6.07) is 68.7. The van der Waals surface area contributed by atoms with Gasteiger partial charge in [0, 0.05) is 22.5 Å². The average Bonchev–Trinajstić information content (AvgIpc) is 3.40. The number of fused-ring (bicyclic) bond motifs is 3. The van der Waals surface area contributed by atoms with Gasteiger partial charge in [-0.3, -0.25) is 0 Å². The van der Waals surface area contributed by atoms with E-state index in [1.54, 1.807) is 0 Å². The van der Waals surface area contributed by atoms with Gasteiger partial charge in [0.15, 0.2) is 8.07 Å². The average molecular weight is 646 g/mol. The van der Waals surface area contributed by atoms with Crippen LogP contribution in [0.4, 0.5) is 17.1 Å². The Hall–Kier alpha value is -5.70. The molecule has 0 bridgehead atoms. The Bertz CT molecular complexity index is 2130. The molecular weight excluding hydrogens is 607 g/mol. The van der Waals surface area contributed by atoms with E-state index < -0.39 is 8.07 Å². The van der Waals surface area contributed by atoms with Crippen molar-refractivity contribution < 1.29 is 0 Å². The molecule has 7 aromatic rings. The lowest BCUT2D eigenvalue weighted by atomic mass is 9.82. The summed E-state index contributed by atoms with van der Waals surface area (Å²) in [6.45, 7) is 4.69. The van der Waals surface area contributed by atoms with Crippen LogP contribution in [0.2, 0.25) is 0 Å². The number of hydrogen-bond acceptors (Lipinski definition) is 1. The molecular formula is C47H39NSi. The van der Waals surface area contributed by atoms with Gasteiger partial charge in [-0.15, -0.1) is 0 Å². The zero-order valence-corrected chi connectivity index (χ0v) is 29.0. The summed E-state index contributed by atoms with van der Waals surface area (Å²) in [5.74, 6) is 0. The fourth-order valence-corrected chi connectivity index (χ4v) is 11.9. The van der Waals surface area contributed by atoms with E-state index in [2.05, 4.69) is 219 Å². The highest BCUT2D eigenvalue weighted by atomic mass is 28.3. The van der Waals surface area contributed by atoms with Gasteiger partial charge in [0.05, 0.1) is 0 Å². The number of rotatable bonds is 8. The molecule has 8 rings (SSSR count). The van der Waals surface area contributed by atoms with Crippen molar-refractivity contribution in [2.45, 2.75) is 19.3 Å². The smallest absolute Gasteiger partial charge is 0.172 e. The number of para-hydroxylation sites is 1. The minimum absolute atomic E-state index is 0.0639. The molecule has 1 aliphatic rings. The third-order valence-corrected chi connectivity index (χ3v) is 14.6. The summed E-state index contributed by atoms with van der Waals surface area (Å²) in [6.07, 6.45) is 2.34. The predicted octanol–water partition coefficient (Wildman–Crippen LogP) is 10.2. The van der Waals surface area contributed by atoms with Crippen molar-refractivity contribution in [3.63, 3.8) is 0 Å². The number of anilines is 3. The molecule has 0 heterocycles. The lowest BCUT2D eigenvalue weighted by Gasteiger charge is -2.31. The van der Waals surface area contributed by atoms with Crippen LogP contribution in [0.1, 0.15) is 30.5 Å². The van der Waals surface area contributed by atoms with E-state index in [1.165, 1.54) is 43.4 Å². The normalized spacial score (nSPS) is 13.2. The molecule has 0 saturated carbocycles. The number of benzene rings is 7. The first kappa shape index (κ1) is 30.6. The van der Waals surface area contributed by atoms with Crippen molar-refractivity contribution in [1.82, 2.24) is 0 Å². The van der Waals surface area contributed by atoms with Crippen LogP contribution >= 0.6 is 0 Å². The predicted molar refractivity (Wildman–Crippen MR) is 212 cm³/mol. The SMILES string of the molecule is CC1(C)c2ccccc2-c2ccc(N(c3ccccc3)c3ccc(C=C[Si](c4ccccc4)(c4ccccc4)c4ccccc4)cc3)cc21. The zero-order chi connectivity index (χ0) is 33.3. The molecule has 0 aromatic heterocycles.